The Labute approximate surface area is 121 Å². The van der Waals surface area contributed by atoms with Crippen LogP contribution < -0.4 is 5.32 Å². The lowest BCUT2D eigenvalue weighted by atomic mass is 10.2. The summed E-state index contributed by atoms with van der Waals surface area (Å²) in [5.41, 5.74) is 3.03. The summed E-state index contributed by atoms with van der Waals surface area (Å²) < 4.78 is 11.1. The van der Waals surface area contributed by atoms with Crippen LogP contribution in [0.25, 0.3) is 0 Å². The molecule has 108 valence electrons. The lowest BCUT2D eigenvalue weighted by molar-refractivity contribution is 0.0527. The summed E-state index contributed by atoms with van der Waals surface area (Å²) >= 11 is 1.25. The van der Waals surface area contributed by atoms with Crippen LogP contribution in [0.5, 0.6) is 0 Å². The molecule has 0 aliphatic carbocycles. The Morgan fingerprint density at radius 2 is 2.25 bits per heavy atom. The molecule has 0 spiro atoms. The van der Waals surface area contributed by atoms with Crippen molar-refractivity contribution in [2.75, 3.05) is 11.9 Å². The van der Waals surface area contributed by atoms with Crippen LogP contribution in [0.2, 0.25) is 0 Å². The van der Waals surface area contributed by atoms with Crippen LogP contribution in [0.15, 0.2) is 6.20 Å². The third-order valence-electron chi connectivity index (χ3n) is 2.83. The van der Waals surface area contributed by atoms with Gasteiger partial charge in [-0.1, -0.05) is 6.92 Å². The molecular weight excluding hydrogens is 276 g/mol. The quantitative estimate of drug-likeness (QED) is 0.859. The molecular formula is C13H18N4O2S. The Morgan fingerprint density at radius 1 is 1.50 bits per heavy atom. The number of carbonyl (C=O) groups is 1. The van der Waals surface area contributed by atoms with Gasteiger partial charge in [0.05, 0.1) is 23.7 Å². The summed E-state index contributed by atoms with van der Waals surface area (Å²) in [5.74, 6) is -0.344. The van der Waals surface area contributed by atoms with Crippen molar-refractivity contribution in [1.82, 2.24) is 14.2 Å². The van der Waals surface area contributed by atoms with E-state index < -0.39 is 0 Å². The monoisotopic (exact) mass is 294 g/mol. The molecule has 0 amide bonds. The van der Waals surface area contributed by atoms with Crippen molar-refractivity contribution >= 4 is 28.2 Å². The molecule has 7 heteroatoms. The van der Waals surface area contributed by atoms with E-state index in [-0.39, 0.29) is 5.97 Å². The molecule has 1 N–H and O–H groups in total. The van der Waals surface area contributed by atoms with Crippen molar-refractivity contribution in [2.24, 2.45) is 7.05 Å². The number of nitrogens with one attached hydrogen (secondary N) is 1. The molecule has 0 unspecified atom stereocenters. The first-order valence-corrected chi connectivity index (χ1v) is 7.27. The molecule has 0 atom stereocenters. The maximum atomic E-state index is 12.0. The molecule has 0 saturated carbocycles. The topological polar surface area (TPSA) is 69.0 Å². The molecule has 0 bridgehead atoms. The highest BCUT2D eigenvalue weighted by atomic mass is 32.1. The van der Waals surface area contributed by atoms with Crippen molar-refractivity contribution in [3.8, 4) is 0 Å². The van der Waals surface area contributed by atoms with Crippen molar-refractivity contribution < 1.29 is 9.53 Å². The lowest BCUT2D eigenvalue weighted by Crippen LogP contribution is -2.07. The number of aryl methyl sites for hydroxylation is 3. The molecule has 0 radical (unpaired) electrons. The average molecular weight is 294 g/mol. The Balaban J connectivity index is 2.32. The predicted octanol–water partition coefficient (Wildman–Crippen LogP) is 2.67. The third kappa shape index (κ3) is 2.82. The second-order valence-corrected chi connectivity index (χ2v) is 5.11. The smallest absolute Gasteiger partial charge is 0.343 e. The molecule has 2 aromatic rings. The number of carbonyl (C=O) groups excluding carboxylic acids is 1. The number of aromatic nitrogens is 3. The van der Waals surface area contributed by atoms with Gasteiger partial charge in [0.25, 0.3) is 0 Å². The molecule has 20 heavy (non-hydrogen) atoms. The lowest BCUT2D eigenvalue weighted by Gasteiger charge is -2.06. The van der Waals surface area contributed by atoms with E-state index in [4.69, 9.17) is 4.74 Å². The van der Waals surface area contributed by atoms with E-state index in [2.05, 4.69) is 14.8 Å². The standard InChI is InChI=1S/C13H18N4O2S/c1-5-9-10(7-17(4)15-9)14-12-11(8(3)16-20-12)13(18)19-6-2/h7,14H,5-6H2,1-4H3. The van der Waals surface area contributed by atoms with Gasteiger partial charge in [0.2, 0.25) is 0 Å². The second kappa shape index (κ2) is 6.04. The van der Waals surface area contributed by atoms with E-state index in [9.17, 15) is 4.79 Å². The number of hydrogen-bond donors (Lipinski definition) is 1. The van der Waals surface area contributed by atoms with Crippen molar-refractivity contribution in [2.45, 2.75) is 27.2 Å². The zero-order valence-corrected chi connectivity index (χ0v) is 12.9. The van der Waals surface area contributed by atoms with Crippen molar-refractivity contribution in [1.29, 1.82) is 0 Å². The second-order valence-electron chi connectivity index (χ2n) is 4.33. The molecule has 2 rings (SSSR count). The summed E-state index contributed by atoms with van der Waals surface area (Å²) in [5, 5.41) is 8.31. The minimum absolute atomic E-state index is 0.344. The summed E-state index contributed by atoms with van der Waals surface area (Å²) in [7, 11) is 1.87. The van der Waals surface area contributed by atoms with Crippen LogP contribution in [0.3, 0.4) is 0 Å². The zero-order chi connectivity index (χ0) is 14.7. The molecule has 6 nitrogen and oxygen atoms in total. The van der Waals surface area contributed by atoms with E-state index >= 15 is 0 Å². The minimum Gasteiger partial charge on any atom is -0.462 e. The Morgan fingerprint density at radius 3 is 2.90 bits per heavy atom. The van der Waals surface area contributed by atoms with Gasteiger partial charge in [-0.25, -0.2) is 4.79 Å². The highest BCUT2D eigenvalue weighted by Crippen LogP contribution is 2.30. The first-order chi connectivity index (χ1) is 9.56. The fourth-order valence-corrected chi connectivity index (χ4v) is 2.72. The molecule has 0 saturated heterocycles. The normalized spacial score (nSPS) is 10.6. The van der Waals surface area contributed by atoms with Gasteiger partial charge < -0.3 is 10.1 Å². The highest BCUT2D eigenvalue weighted by molar-refractivity contribution is 7.10. The fraction of sp³-hybridized carbons (Fsp3) is 0.462. The summed E-state index contributed by atoms with van der Waals surface area (Å²) in [6.07, 6.45) is 2.71. The van der Waals surface area contributed by atoms with Crippen molar-refractivity contribution in [3.63, 3.8) is 0 Å². The SMILES string of the molecule is CCOC(=O)c1c(C)nsc1Nc1cn(C)nc1CC. The van der Waals surface area contributed by atoms with Crippen LogP contribution >= 0.6 is 11.5 Å². The maximum Gasteiger partial charge on any atom is 0.343 e. The van der Waals surface area contributed by atoms with E-state index in [0.717, 1.165) is 17.8 Å². The van der Waals surface area contributed by atoms with Crippen molar-refractivity contribution in [3.05, 3.63) is 23.1 Å². The number of rotatable bonds is 5. The van der Waals surface area contributed by atoms with E-state index in [1.807, 2.05) is 20.2 Å². The van der Waals surface area contributed by atoms with Crippen LogP contribution in [-0.4, -0.2) is 26.7 Å². The highest BCUT2D eigenvalue weighted by Gasteiger charge is 2.20. The van der Waals surface area contributed by atoms with Gasteiger partial charge in [-0.15, -0.1) is 0 Å². The maximum absolute atomic E-state index is 12.0. The van der Waals surface area contributed by atoms with Crippen LogP contribution in [0, 0.1) is 6.92 Å². The fourth-order valence-electron chi connectivity index (χ4n) is 1.92. The van der Waals surface area contributed by atoms with Crippen LogP contribution in [0.1, 0.15) is 35.6 Å². The Hall–Kier alpha value is -1.89. The van der Waals surface area contributed by atoms with Crippen LogP contribution in [-0.2, 0) is 18.2 Å². The number of esters is 1. The minimum atomic E-state index is -0.344. The molecule has 0 aliphatic heterocycles. The molecule has 2 heterocycles. The number of nitrogens with zero attached hydrogens (tertiary/aromatic N) is 3. The molecule has 0 aliphatic rings. The number of ether oxygens (including phenoxy) is 1. The first kappa shape index (κ1) is 14.5. The van der Waals surface area contributed by atoms with Gasteiger partial charge in [-0.05, 0) is 31.8 Å². The third-order valence-corrected chi connectivity index (χ3v) is 3.68. The van der Waals surface area contributed by atoms with Gasteiger partial charge in [0, 0.05) is 13.2 Å². The van der Waals surface area contributed by atoms with E-state index in [0.29, 0.717) is 22.9 Å². The summed E-state index contributed by atoms with van der Waals surface area (Å²) in [4.78, 5) is 12.0. The van der Waals surface area contributed by atoms with E-state index in [1.165, 1.54) is 11.5 Å². The Bertz CT molecular complexity index is 618. The molecule has 2 aromatic heterocycles. The summed E-state index contributed by atoms with van der Waals surface area (Å²) in [6, 6.07) is 0. The van der Waals surface area contributed by atoms with Gasteiger partial charge in [-0.2, -0.15) is 9.47 Å². The van der Waals surface area contributed by atoms with Gasteiger partial charge in [0.15, 0.2) is 0 Å². The molecule has 0 aromatic carbocycles. The summed E-state index contributed by atoms with van der Waals surface area (Å²) in [6.45, 7) is 5.98. The van der Waals surface area contributed by atoms with Gasteiger partial charge in [-0.3, -0.25) is 4.68 Å². The van der Waals surface area contributed by atoms with Gasteiger partial charge >= 0.3 is 5.97 Å². The molecule has 0 fully saturated rings. The van der Waals surface area contributed by atoms with Gasteiger partial charge in [0.1, 0.15) is 10.6 Å². The van der Waals surface area contributed by atoms with Crippen LogP contribution in [0.4, 0.5) is 10.7 Å². The van der Waals surface area contributed by atoms with E-state index in [1.54, 1.807) is 18.5 Å². The number of hydrogen-bond acceptors (Lipinski definition) is 6. The largest absolute Gasteiger partial charge is 0.462 e. The zero-order valence-electron chi connectivity index (χ0n) is 12.1. The first-order valence-electron chi connectivity index (χ1n) is 6.49. The average Bonchev–Trinajstić information content (AvgIpc) is 2.93. The number of anilines is 2. The Kier molecular flexibility index (Phi) is 4.39. The predicted molar refractivity (Wildman–Crippen MR) is 78.7 cm³/mol.